The summed E-state index contributed by atoms with van der Waals surface area (Å²) in [6, 6.07) is 0. The highest BCUT2D eigenvalue weighted by Gasteiger charge is 2.81. The lowest BCUT2D eigenvalue weighted by molar-refractivity contribution is -0.352. The van der Waals surface area contributed by atoms with Crippen LogP contribution in [0.1, 0.15) is 120 Å². The van der Waals surface area contributed by atoms with Crippen LogP contribution in [-0.4, -0.2) is 174 Å². The number of carbonyl (C=O) groups excluding carboxylic acids is 2. The fraction of sp³-hybridized carbons (Fsp3) is 0.878. The summed E-state index contributed by atoms with van der Waals surface area (Å²) in [6.45, 7) is 15.4. The molecule has 3 saturated carbocycles. The van der Waals surface area contributed by atoms with E-state index in [2.05, 4.69) is 6.92 Å². The van der Waals surface area contributed by atoms with Crippen LogP contribution in [0.4, 0.5) is 0 Å². The zero-order valence-electron chi connectivity index (χ0n) is 41.4. The van der Waals surface area contributed by atoms with E-state index in [1.54, 1.807) is 54.9 Å². The van der Waals surface area contributed by atoms with Gasteiger partial charge in [0.05, 0.1) is 42.0 Å². The Bertz CT molecular complexity index is 1850. The van der Waals surface area contributed by atoms with Gasteiger partial charge >= 0.3 is 11.9 Å². The lowest BCUT2D eigenvalue weighted by atomic mass is 9.42. The topological polar surface area (TPSA) is 237 Å². The Morgan fingerprint density at radius 3 is 1.99 bits per heavy atom. The van der Waals surface area contributed by atoms with E-state index in [0.717, 1.165) is 5.57 Å². The van der Waals surface area contributed by atoms with Crippen molar-refractivity contribution in [3.05, 3.63) is 23.3 Å². The van der Waals surface area contributed by atoms with Crippen LogP contribution in [-0.2, 0) is 61.7 Å². The molecule has 3 heterocycles. The molecular weight excluding hydrogens is 877 g/mol. The molecule has 0 bridgehead atoms. The standard InChI is InChI=1S/C49H78O18/c1-13-24(2)43(53)63-28(6)47(54)18-19-49(56)46(47,9)35(64-29(7)50)23-34-45(8)16-15-31(20-30(45)14-17-48(34,49)55)65-36-21-32(57-10)40(26(4)60-36)66-37-22-33(58-11)41(27(5)61-37)67-44-39(52)42(59-12)38(51)25(3)62-44/h13-14,25-28,31-42,44,51-52,54-56H,15-23H2,1-12H3. The minimum atomic E-state index is -1.92. The number of rotatable bonds is 13. The molecule has 67 heavy (non-hydrogen) atoms. The van der Waals surface area contributed by atoms with Gasteiger partial charge in [-0.1, -0.05) is 31.6 Å². The lowest BCUT2D eigenvalue weighted by Crippen LogP contribution is -2.78. The van der Waals surface area contributed by atoms with Gasteiger partial charge in [-0.25, -0.2) is 4.79 Å². The van der Waals surface area contributed by atoms with E-state index in [9.17, 15) is 35.1 Å². The summed E-state index contributed by atoms with van der Waals surface area (Å²) >= 11 is 0. The second-order valence-electron chi connectivity index (χ2n) is 20.8. The van der Waals surface area contributed by atoms with Gasteiger partial charge in [0.15, 0.2) is 18.9 Å². The Kier molecular flexibility index (Phi) is 15.6. The maximum absolute atomic E-state index is 13.0. The molecule has 0 aromatic carbocycles. The molecule has 22 unspecified atom stereocenters. The zero-order valence-corrected chi connectivity index (χ0v) is 41.4. The molecule has 0 radical (unpaired) electrons. The van der Waals surface area contributed by atoms with Crippen LogP contribution < -0.4 is 0 Å². The number of methoxy groups -OCH3 is 3. The van der Waals surface area contributed by atoms with Gasteiger partial charge < -0.3 is 77.6 Å². The number of esters is 2. The van der Waals surface area contributed by atoms with Crippen LogP contribution in [0.2, 0.25) is 0 Å². The number of hydrogen-bond acceptors (Lipinski definition) is 18. The van der Waals surface area contributed by atoms with E-state index in [4.69, 9.17) is 52.1 Å². The first-order valence-electron chi connectivity index (χ1n) is 24.2. The van der Waals surface area contributed by atoms with Crippen molar-refractivity contribution in [2.75, 3.05) is 21.3 Å². The molecule has 5 N–H and O–H groups in total. The molecule has 3 aliphatic heterocycles. The number of aliphatic hydroxyl groups excluding tert-OH is 2. The van der Waals surface area contributed by atoms with E-state index < -0.39 is 138 Å². The summed E-state index contributed by atoms with van der Waals surface area (Å²) in [5.74, 6) is -1.73. The predicted octanol–water partition coefficient (Wildman–Crippen LogP) is 3.29. The van der Waals surface area contributed by atoms with Gasteiger partial charge in [0, 0.05) is 52.6 Å². The molecule has 3 saturated heterocycles. The Hall–Kier alpha value is -2.14. The number of carbonyl (C=O) groups is 2. The summed E-state index contributed by atoms with van der Waals surface area (Å²) in [7, 11) is 4.61. The van der Waals surface area contributed by atoms with Gasteiger partial charge in [-0.15, -0.1) is 0 Å². The molecule has 22 atom stereocenters. The van der Waals surface area contributed by atoms with Crippen molar-refractivity contribution in [2.45, 2.75) is 235 Å². The normalized spacial score (nSPS) is 49.4. The van der Waals surface area contributed by atoms with E-state index in [1.807, 2.05) is 19.9 Å². The van der Waals surface area contributed by atoms with E-state index in [1.165, 1.54) is 14.0 Å². The first-order chi connectivity index (χ1) is 31.5. The minimum absolute atomic E-state index is 0.00102. The van der Waals surface area contributed by atoms with Gasteiger partial charge in [-0.3, -0.25) is 4.79 Å². The van der Waals surface area contributed by atoms with Crippen molar-refractivity contribution >= 4 is 11.9 Å². The predicted molar refractivity (Wildman–Crippen MR) is 237 cm³/mol. The second-order valence-corrected chi connectivity index (χ2v) is 20.8. The monoisotopic (exact) mass is 955 g/mol. The number of hydrogen-bond donors (Lipinski definition) is 5. The summed E-state index contributed by atoms with van der Waals surface area (Å²) in [4.78, 5) is 25.7. The summed E-state index contributed by atoms with van der Waals surface area (Å²) in [5.41, 5.74) is -6.24. The minimum Gasteiger partial charge on any atom is -0.462 e. The fourth-order valence-electron chi connectivity index (χ4n) is 13.2. The average molecular weight is 955 g/mol. The molecule has 18 heteroatoms. The molecule has 7 rings (SSSR count). The molecule has 0 amide bonds. The van der Waals surface area contributed by atoms with Crippen molar-refractivity contribution in [1.82, 2.24) is 0 Å². The van der Waals surface area contributed by atoms with Crippen LogP contribution in [0.25, 0.3) is 0 Å². The van der Waals surface area contributed by atoms with Crippen LogP contribution in [0.15, 0.2) is 23.3 Å². The van der Waals surface area contributed by atoms with Crippen molar-refractivity contribution in [1.29, 1.82) is 0 Å². The molecule has 0 aromatic rings. The third-order valence-corrected chi connectivity index (χ3v) is 17.5. The Morgan fingerprint density at radius 2 is 1.40 bits per heavy atom. The van der Waals surface area contributed by atoms with Gasteiger partial charge in [-0.2, -0.15) is 0 Å². The maximum atomic E-state index is 13.0. The molecule has 4 aliphatic carbocycles. The zero-order chi connectivity index (χ0) is 49.2. The summed E-state index contributed by atoms with van der Waals surface area (Å²) in [5, 5.41) is 59.9. The first kappa shape index (κ1) is 52.7. The highest BCUT2D eigenvalue weighted by Crippen LogP contribution is 2.71. The van der Waals surface area contributed by atoms with Crippen molar-refractivity contribution in [3.63, 3.8) is 0 Å². The smallest absolute Gasteiger partial charge is 0.333 e. The molecule has 18 nitrogen and oxygen atoms in total. The van der Waals surface area contributed by atoms with E-state index in [-0.39, 0.29) is 31.8 Å². The van der Waals surface area contributed by atoms with Gasteiger partial charge in [0.25, 0.3) is 0 Å². The molecule has 0 aromatic heterocycles. The van der Waals surface area contributed by atoms with Crippen molar-refractivity contribution < 1.29 is 87.2 Å². The summed E-state index contributed by atoms with van der Waals surface area (Å²) in [6.07, 6.45) is -5.24. The number of fused-ring (bicyclic) bond motifs is 5. The Labute approximate surface area is 394 Å². The molecule has 6 fully saturated rings. The summed E-state index contributed by atoms with van der Waals surface area (Å²) < 4.78 is 67.2. The fourth-order valence-corrected chi connectivity index (χ4v) is 13.2. The van der Waals surface area contributed by atoms with Crippen molar-refractivity contribution in [2.24, 2.45) is 16.7 Å². The lowest BCUT2D eigenvalue weighted by Gasteiger charge is -2.67. The van der Waals surface area contributed by atoms with Crippen molar-refractivity contribution in [3.8, 4) is 0 Å². The Balaban J connectivity index is 1.01. The van der Waals surface area contributed by atoms with E-state index in [0.29, 0.717) is 37.7 Å². The molecular formula is C49H78O18. The molecule has 7 aliphatic rings. The van der Waals surface area contributed by atoms with Crippen LogP contribution in [0.5, 0.6) is 0 Å². The number of allylic oxidation sites excluding steroid dienone is 1. The largest absolute Gasteiger partial charge is 0.462 e. The van der Waals surface area contributed by atoms with Crippen LogP contribution >= 0.6 is 0 Å². The third-order valence-electron chi connectivity index (χ3n) is 17.5. The van der Waals surface area contributed by atoms with E-state index >= 15 is 0 Å². The van der Waals surface area contributed by atoms with Gasteiger partial charge in [-0.05, 0) is 91.9 Å². The molecule has 382 valence electrons. The number of aliphatic hydroxyl groups is 5. The SMILES string of the molecule is CC=C(C)C(=O)OC(C)C1(O)CCC2(O)C3(O)CC=C4CC(OC5CC(OC)C(OC6CC(OC)C(OC7OC(C)C(O)C(OC)C7O)C(C)O6)C(C)O5)CCC4(C)C3CC(OC(C)=O)C12C. The number of ether oxygens (including phenoxy) is 11. The van der Waals surface area contributed by atoms with Gasteiger partial charge in [0.2, 0.25) is 0 Å². The average Bonchev–Trinajstić information content (AvgIpc) is 3.51. The second kappa shape index (κ2) is 19.8. The van der Waals surface area contributed by atoms with Crippen LogP contribution in [0.3, 0.4) is 0 Å². The third kappa shape index (κ3) is 8.88. The first-order valence-corrected chi connectivity index (χ1v) is 24.2. The van der Waals surface area contributed by atoms with Gasteiger partial charge in [0.1, 0.15) is 59.5 Å². The maximum Gasteiger partial charge on any atom is 0.333 e. The quantitative estimate of drug-likeness (QED) is 0.101. The Morgan fingerprint density at radius 1 is 0.791 bits per heavy atom. The molecule has 0 spiro atoms. The highest BCUT2D eigenvalue weighted by molar-refractivity contribution is 5.87. The van der Waals surface area contributed by atoms with Crippen LogP contribution in [0, 0.1) is 16.7 Å². The highest BCUT2D eigenvalue weighted by atomic mass is 16.8.